The molecule has 1 aliphatic heterocycles. The third-order valence-electron chi connectivity index (χ3n) is 5.34. The highest BCUT2D eigenvalue weighted by molar-refractivity contribution is 6.08. The molecule has 2 amide bonds. The number of pyridine rings is 1. The highest BCUT2D eigenvalue weighted by Crippen LogP contribution is 2.41. The monoisotopic (exact) mass is 337 g/mol. The summed E-state index contributed by atoms with van der Waals surface area (Å²) in [5.74, 6) is -0.0539. The van der Waals surface area contributed by atoms with Crippen molar-refractivity contribution in [1.29, 1.82) is 0 Å². The number of rotatable bonds is 3. The molecule has 2 aliphatic rings. The van der Waals surface area contributed by atoms with Gasteiger partial charge in [-0.1, -0.05) is 11.6 Å². The Morgan fingerprint density at radius 3 is 2.60 bits per heavy atom. The highest BCUT2D eigenvalue weighted by atomic mass is 16.2. The van der Waals surface area contributed by atoms with E-state index in [0.29, 0.717) is 24.4 Å². The first kappa shape index (κ1) is 16.1. The summed E-state index contributed by atoms with van der Waals surface area (Å²) in [7, 11) is 0. The molecular formula is C20H23N3O2. The number of nitrogens with zero attached hydrogens (tertiary/aromatic N) is 2. The van der Waals surface area contributed by atoms with Crippen molar-refractivity contribution in [1.82, 2.24) is 9.88 Å². The van der Waals surface area contributed by atoms with Gasteiger partial charge in [0.05, 0.1) is 11.1 Å². The smallest absolute Gasteiger partial charge is 0.255 e. The van der Waals surface area contributed by atoms with E-state index in [1.165, 1.54) is 0 Å². The summed E-state index contributed by atoms with van der Waals surface area (Å²) in [5, 5.41) is 0.877. The molecule has 1 saturated heterocycles. The SMILES string of the molecule is Cc1cc(C)c2nc(C3CC3)cc(C(=O)N3CCCC3C(N)=O)c2c1. The normalized spacial score (nSPS) is 20.2. The minimum atomic E-state index is -0.494. The van der Waals surface area contributed by atoms with Crippen molar-refractivity contribution >= 4 is 22.7 Å². The minimum absolute atomic E-state index is 0.0967. The van der Waals surface area contributed by atoms with Crippen LogP contribution in [-0.4, -0.2) is 34.3 Å². The number of carbonyl (C=O) groups is 2. The zero-order chi connectivity index (χ0) is 17.7. The maximum Gasteiger partial charge on any atom is 0.255 e. The fourth-order valence-corrected chi connectivity index (χ4v) is 3.93. The Hall–Kier alpha value is -2.43. The summed E-state index contributed by atoms with van der Waals surface area (Å²) in [6.07, 6.45) is 3.73. The summed E-state index contributed by atoms with van der Waals surface area (Å²) in [6, 6.07) is 5.57. The molecule has 0 radical (unpaired) electrons. The van der Waals surface area contributed by atoms with Crippen molar-refractivity contribution in [3.8, 4) is 0 Å². The molecule has 130 valence electrons. The molecule has 2 aromatic rings. The van der Waals surface area contributed by atoms with Gasteiger partial charge in [0.25, 0.3) is 5.91 Å². The fourth-order valence-electron chi connectivity index (χ4n) is 3.93. The number of hydrogen-bond acceptors (Lipinski definition) is 3. The van der Waals surface area contributed by atoms with Gasteiger partial charge in [-0.3, -0.25) is 14.6 Å². The topological polar surface area (TPSA) is 76.3 Å². The standard InChI is InChI=1S/C20H23N3O2/c1-11-8-12(2)18-14(9-11)15(10-16(22-18)13-5-6-13)20(25)23-7-3-4-17(23)19(21)24/h8-10,13,17H,3-7H2,1-2H3,(H2,21,24). The van der Waals surface area contributed by atoms with E-state index >= 15 is 0 Å². The molecule has 2 heterocycles. The van der Waals surface area contributed by atoms with Crippen LogP contribution >= 0.6 is 0 Å². The van der Waals surface area contributed by atoms with E-state index in [0.717, 1.165) is 47.0 Å². The molecule has 5 heteroatoms. The van der Waals surface area contributed by atoms with Crippen LogP contribution in [0.5, 0.6) is 0 Å². The van der Waals surface area contributed by atoms with Crippen molar-refractivity contribution in [2.24, 2.45) is 5.73 Å². The van der Waals surface area contributed by atoms with E-state index in [9.17, 15) is 9.59 Å². The first-order valence-corrected chi connectivity index (χ1v) is 8.98. The van der Waals surface area contributed by atoms with Crippen molar-refractivity contribution < 1.29 is 9.59 Å². The summed E-state index contributed by atoms with van der Waals surface area (Å²) in [6.45, 7) is 4.65. The Labute approximate surface area is 147 Å². The van der Waals surface area contributed by atoms with Crippen LogP contribution in [0.25, 0.3) is 10.9 Å². The lowest BCUT2D eigenvalue weighted by molar-refractivity contribution is -0.121. The molecule has 2 fully saturated rings. The van der Waals surface area contributed by atoms with Crippen LogP contribution in [0.4, 0.5) is 0 Å². The van der Waals surface area contributed by atoms with Crippen LogP contribution in [0.2, 0.25) is 0 Å². The molecule has 4 rings (SSSR count). The van der Waals surface area contributed by atoms with Crippen molar-refractivity contribution in [3.05, 3.63) is 40.6 Å². The largest absolute Gasteiger partial charge is 0.368 e. The lowest BCUT2D eigenvalue weighted by atomic mass is 9.99. The molecule has 25 heavy (non-hydrogen) atoms. The van der Waals surface area contributed by atoms with E-state index in [1.54, 1.807) is 4.90 Å². The third kappa shape index (κ3) is 2.77. The number of nitrogens with two attached hydrogens (primary N) is 1. The molecule has 0 bridgehead atoms. The maximum absolute atomic E-state index is 13.3. The van der Waals surface area contributed by atoms with E-state index in [2.05, 4.69) is 6.07 Å². The predicted octanol–water partition coefficient (Wildman–Crippen LogP) is 2.82. The third-order valence-corrected chi connectivity index (χ3v) is 5.34. The van der Waals surface area contributed by atoms with Crippen LogP contribution in [0.15, 0.2) is 18.2 Å². The molecule has 0 spiro atoms. The number of aromatic nitrogens is 1. The molecule has 1 atom stereocenters. The molecule has 5 nitrogen and oxygen atoms in total. The van der Waals surface area contributed by atoms with Gasteiger partial charge >= 0.3 is 0 Å². The summed E-state index contributed by atoms with van der Waals surface area (Å²) >= 11 is 0. The van der Waals surface area contributed by atoms with E-state index < -0.39 is 11.9 Å². The first-order valence-electron chi connectivity index (χ1n) is 8.98. The van der Waals surface area contributed by atoms with Gasteiger partial charge in [-0.05, 0) is 57.2 Å². The number of likely N-dealkylation sites (tertiary alicyclic amines) is 1. The second-order valence-electron chi connectivity index (χ2n) is 7.41. The van der Waals surface area contributed by atoms with Gasteiger partial charge in [-0.15, -0.1) is 0 Å². The fraction of sp³-hybridized carbons (Fsp3) is 0.450. The van der Waals surface area contributed by atoms with Gasteiger partial charge in [-0.25, -0.2) is 0 Å². The second kappa shape index (κ2) is 5.83. The molecular weight excluding hydrogens is 314 g/mol. The number of primary amides is 1. The van der Waals surface area contributed by atoms with Gasteiger partial charge in [0.2, 0.25) is 5.91 Å². The lowest BCUT2D eigenvalue weighted by Gasteiger charge is -2.23. The highest BCUT2D eigenvalue weighted by Gasteiger charge is 2.35. The first-order chi connectivity index (χ1) is 12.0. The van der Waals surface area contributed by atoms with Crippen LogP contribution in [-0.2, 0) is 4.79 Å². The molecule has 1 aromatic heterocycles. The maximum atomic E-state index is 13.3. The average molecular weight is 337 g/mol. The second-order valence-corrected chi connectivity index (χ2v) is 7.41. The molecule has 1 aliphatic carbocycles. The van der Waals surface area contributed by atoms with Gasteiger partial charge in [0.15, 0.2) is 0 Å². The van der Waals surface area contributed by atoms with E-state index in [1.807, 2.05) is 26.0 Å². The molecule has 2 N–H and O–H groups in total. The van der Waals surface area contributed by atoms with Crippen molar-refractivity contribution in [2.75, 3.05) is 6.54 Å². The number of benzene rings is 1. The molecule has 1 aromatic carbocycles. The summed E-state index contributed by atoms with van der Waals surface area (Å²) in [4.78, 5) is 31.5. The summed E-state index contributed by atoms with van der Waals surface area (Å²) in [5.41, 5.74) is 10.2. The average Bonchev–Trinajstić information content (AvgIpc) is 3.29. The number of aryl methyl sites for hydroxylation is 2. The predicted molar refractivity (Wildman–Crippen MR) is 96.4 cm³/mol. The van der Waals surface area contributed by atoms with Gasteiger partial charge in [-0.2, -0.15) is 0 Å². The Morgan fingerprint density at radius 2 is 1.92 bits per heavy atom. The van der Waals surface area contributed by atoms with Crippen LogP contribution in [0.1, 0.15) is 58.8 Å². The number of fused-ring (bicyclic) bond motifs is 1. The molecule has 1 unspecified atom stereocenters. The van der Waals surface area contributed by atoms with Crippen molar-refractivity contribution in [3.63, 3.8) is 0 Å². The van der Waals surface area contributed by atoms with Gasteiger partial charge in [0, 0.05) is 23.5 Å². The number of amides is 2. The number of hydrogen-bond donors (Lipinski definition) is 1. The Balaban J connectivity index is 1.87. The van der Waals surface area contributed by atoms with Crippen LogP contribution < -0.4 is 5.73 Å². The van der Waals surface area contributed by atoms with Crippen LogP contribution in [0.3, 0.4) is 0 Å². The van der Waals surface area contributed by atoms with Gasteiger partial charge in [0.1, 0.15) is 6.04 Å². The zero-order valence-electron chi connectivity index (χ0n) is 14.7. The zero-order valence-corrected chi connectivity index (χ0v) is 14.7. The molecule has 1 saturated carbocycles. The van der Waals surface area contributed by atoms with Gasteiger partial charge < -0.3 is 10.6 Å². The lowest BCUT2D eigenvalue weighted by Crippen LogP contribution is -2.43. The minimum Gasteiger partial charge on any atom is -0.368 e. The van der Waals surface area contributed by atoms with Crippen LogP contribution in [0, 0.1) is 13.8 Å². The summed E-state index contributed by atoms with van der Waals surface area (Å²) < 4.78 is 0. The Morgan fingerprint density at radius 1 is 1.16 bits per heavy atom. The van der Waals surface area contributed by atoms with Crippen molar-refractivity contribution in [2.45, 2.75) is 51.5 Å². The Bertz CT molecular complexity index is 886. The van der Waals surface area contributed by atoms with E-state index in [4.69, 9.17) is 10.7 Å². The number of carbonyl (C=O) groups excluding carboxylic acids is 2. The van der Waals surface area contributed by atoms with E-state index in [-0.39, 0.29) is 5.91 Å². The quantitative estimate of drug-likeness (QED) is 0.935. The Kier molecular flexibility index (Phi) is 3.74.